The summed E-state index contributed by atoms with van der Waals surface area (Å²) in [6.45, 7) is 4.66. The molecule has 0 bridgehead atoms. The van der Waals surface area contributed by atoms with Crippen molar-refractivity contribution in [3.63, 3.8) is 0 Å². The van der Waals surface area contributed by atoms with Crippen molar-refractivity contribution in [2.24, 2.45) is 13.0 Å². The third-order valence-electron chi connectivity index (χ3n) is 4.14. The third-order valence-corrected chi connectivity index (χ3v) is 4.14. The molecule has 0 saturated carbocycles. The van der Waals surface area contributed by atoms with Crippen LogP contribution in [0.5, 0.6) is 11.5 Å². The first-order valence-electron chi connectivity index (χ1n) is 9.38. The molecule has 29 heavy (non-hydrogen) atoms. The van der Waals surface area contributed by atoms with Gasteiger partial charge in [0.1, 0.15) is 5.75 Å². The van der Waals surface area contributed by atoms with Crippen LogP contribution in [-0.4, -0.2) is 22.2 Å². The quantitative estimate of drug-likeness (QED) is 0.640. The molecule has 1 aromatic heterocycles. The van der Waals surface area contributed by atoms with E-state index in [1.54, 1.807) is 43.4 Å². The van der Waals surface area contributed by atoms with E-state index in [2.05, 4.69) is 15.7 Å². The van der Waals surface area contributed by atoms with Gasteiger partial charge >= 0.3 is 0 Å². The van der Waals surface area contributed by atoms with Gasteiger partial charge in [-0.1, -0.05) is 38.1 Å². The first-order chi connectivity index (χ1) is 13.9. The number of aromatic nitrogens is 2. The SMILES string of the molecule is CC(C)CNC(=O)c1cccc(Nc2c(Oc3ccccc3)cnn(C)c2=O)c1. The Kier molecular flexibility index (Phi) is 6.29. The predicted molar refractivity (Wildman–Crippen MR) is 113 cm³/mol. The summed E-state index contributed by atoms with van der Waals surface area (Å²) in [5.74, 6) is 1.09. The Balaban J connectivity index is 1.88. The molecule has 1 heterocycles. The summed E-state index contributed by atoms with van der Waals surface area (Å²) < 4.78 is 7.06. The zero-order valence-corrected chi connectivity index (χ0v) is 16.7. The lowest BCUT2D eigenvalue weighted by Gasteiger charge is -2.14. The molecule has 3 rings (SSSR count). The molecule has 0 aliphatic heterocycles. The van der Waals surface area contributed by atoms with Crippen LogP contribution in [0.1, 0.15) is 24.2 Å². The molecule has 0 radical (unpaired) electrons. The van der Waals surface area contributed by atoms with E-state index in [-0.39, 0.29) is 17.2 Å². The van der Waals surface area contributed by atoms with Crippen molar-refractivity contribution in [2.75, 3.05) is 11.9 Å². The normalized spacial score (nSPS) is 10.6. The molecule has 0 saturated heterocycles. The Hall–Kier alpha value is -3.61. The summed E-state index contributed by atoms with van der Waals surface area (Å²) in [6.07, 6.45) is 1.48. The lowest BCUT2D eigenvalue weighted by molar-refractivity contribution is 0.0949. The Bertz CT molecular complexity index is 1050. The Labute approximate surface area is 169 Å². The highest BCUT2D eigenvalue weighted by atomic mass is 16.5. The zero-order valence-electron chi connectivity index (χ0n) is 16.7. The second-order valence-electron chi connectivity index (χ2n) is 7.04. The van der Waals surface area contributed by atoms with Gasteiger partial charge < -0.3 is 15.4 Å². The van der Waals surface area contributed by atoms with Crippen LogP contribution in [-0.2, 0) is 7.05 Å². The molecule has 0 spiro atoms. The maximum absolute atomic E-state index is 12.7. The molecular weight excluding hydrogens is 368 g/mol. The number of carbonyl (C=O) groups excluding carboxylic acids is 1. The van der Waals surface area contributed by atoms with Crippen LogP contribution in [0.15, 0.2) is 65.6 Å². The smallest absolute Gasteiger partial charge is 0.294 e. The fraction of sp³-hybridized carbons (Fsp3) is 0.227. The van der Waals surface area contributed by atoms with E-state index in [4.69, 9.17) is 4.74 Å². The first kappa shape index (κ1) is 20.1. The van der Waals surface area contributed by atoms with E-state index in [1.165, 1.54) is 10.9 Å². The summed E-state index contributed by atoms with van der Waals surface area (Å²) >= 11 is 0. The van der Waals surface area contributed by atoms with Crippen molar-refractivity contribution in [1.82, 2.24) is 15.1 Å². The topological polar surface area (TPSA) is 85.2 Å². The van der Waals surface area contributed by atoms with Gasteiger partial charge in [-0.3, -0.25) is 9.59 Å². The summed E-state index contributed by atoms with van der Waals surface area (Å²) in [4.78, 5) is 25.0. The predicted octanol–water partition coefficient (Wildman–Crippen LogP) is 3.70. The van der Waals surface area contributed by atoms with Crippen molar-refractivity contribution in [3.05, 3.63) is 76.7 Å². The van der Waals surface area contributed by atoms with Gasteiger partial charge in [0.05, 0.1) is 6.20 Å². The van der Waals surface area contributed by atoms with Crippen molar-refractivity contribution in [3.8, 4) is 11.5 Å². The molecule has 2 aromatic carbocycles. The number of nitrogens with zero attached hydrogens (tertiary/aromatic N) is 2. The number of hydrogen-bond donors (Lipinski definition) is 2. The molecule has 150 valence electrons. The zero-order chi connectivity index (χ0) is 20.8. The first-order valence-corrected chi connectivity index (χ1v) is 9.38. The van der Waals surface area contributed by atoms with Crippen molar-refractivity contribution in [2.45, 2.75) is 13.8 Å². The van der Waals surface area contributed by atoms with Crippen LogP contribution in [0.2, 0.25) is 0 Å². The van der Waals surface area contributed by atoms with Gasteiger partial charge in [-0.05, 0) is 36.2 Å². The number of rotatable bonds is 7. The molecule has 0 aliphatic rings. The second kappa shape index (κ2) is 9.05. The number of nitrogens with one attached hydrogen (secondary N) is 2. The number of ether oxygens (including phenoxy) is 1. The minimum Gasteiger partial charge on any atom is -0.453 e. The number of hydrogen-bond acceptors (Lipinski definition) is 5. The van der Waals surface area contributed by atoms with E-state index >= 15 is 0 Å². The Morgan fingerprint density at radius 3 is 2.62 bits per heavy atom. The summed E-state index contributed by atoms with van der Waals surface area (Å²) in [5.41, 5.74) is 1.01. The van der Waals surface area contributed by atoms with E-state index in [0.29, 0.717) is 35.2 Å². The van der Waals surface area contributed by atoms with E-state index < -0.39 is 0 Å². The van der Waals surface area contributed by atoms with E-state index in [9.17, 15) is 9.59 Å². The Morgan fingerprint density at radius 2 is 1.90 bits per heavy atom. The fourth-order valence-corrected chi connectivity index (χ4v) is 2.61. The Morgan fingerprint density at radius 1 is 1.14 bits per heavy atom. The monoisotopic (exact) mass is 392 g/mol. The molecule has 7 nitrogen and oxygen atoms in total. The highest BCUT2D eigenvalue weighted by molar-refractivity contribution is 5.95. The maximum Gasteiger partial charge on any atom is 0.294 e. The largest absolute Gasteiger partial charge is 0.453 e. The van der Waals surface area contributed by atoms with E-state index in [1.807, 2.05) is 32.0 Å². The average molecular weight is 392 g/mol. The van der Waals surface area contributed by atoms with Crippen molar-refractivity contribution in [1.29, 1.82) is 0 Å². The molecule has 0 atom stereocenters. The van der Waals surface area contributed by atoms with Crippen LogP contribution in [0, 0.1) is 5.92 Å². The van der Waals surface area contributed by atoms with Gasteiger partial charge in [0.2, 0.25) is 0 Å². The summed E-state index contributed by atoms with van der Waals surface area (Å²) in [6, 6.07) is 16.1. The molecule has 0 unspecified atom stereocenters. The van der Waals surface area contributed by atoms with Gasteiger partial charge in [0.15, 0.2) is 11.4 Å². The number of para-hydroxylation sites is 1. The highest BCUT2D eigenvalue weighted by Crippen LogP contribution is 2.28. The number of anilines is 2. The van der Waals surface area contributed by atoms with Crippen LogP contribution < -0.4 is 20.9 Å². The van der Waals surface area contributed by atoms with Crippen LogP contribution in [0.4, 0.5) is 11.4 Å². The maximum atomic E-state index is 12.7. The average Bonchev–Trinajstić information content (AvgIpc) is 2.72. The van der Waals surface area contributed by atoms with Crippen molar-refractivity contribution < 1.29 is 9.53 Å². The number of amides is 1. The fourth-order valence-electron chi connectivity index (χ4n) is 2.61. The van der Waals surface area contributed by atoms with Gasteiger partial charge in [-0.2, -0.15) is 5.10 Å². The van der Waals surface area contributed by atoms with Crippen molar-refractivity contribution >= 4 is 17.3 Å². The third kappa shape index (κ3) is 5.22. The van der Waals surface area contributed by atoms with Crippen LogP contribution in [0.25, 0.3) is 0 Å². The standard InChI is InChI=1S/C22H24N4O3/c1-15(2)13-23-21(27)16-8-7-9-17(12-16)25-20-19(14-24-26(3)22(20)28)29-18-10-5-4-6-11-18/h4-12,14-15,25H,13H2,1-3H3,(H,23,27). The van der Waals surface area contributed by atoms with Gasteiger partial charge in [0, 0.05) is 24.8 Å². The highest BCUT2D eigenvalue weighted by Gasteiger charge is 2.14. The van der Waals surface area contributed by atoms with E-state index in [0.717, 1.165) is 0 Å². The number of benzene rings is 2. The molecule has 0 fully saturated rings. The van der Waals surface area contributed by atoms with Crippen LogP contribution >= 0.6 is 0 Å². The molecule has 3 aromatic rings. The lowest BCUT2D eigenvalue weighted by Crippen LogP contribution is -2.27. The minimum absolute atomic E-state index is 0.161. The lowest BCUT2D eigenvalue weighted by atomic mass is 10.1. The van der Waals surface area contributed by atoms with Gasteiger partial charge in [0.25, 0.3) is 11.5 Å². The summed E-state index contributed by atoms with van der Waals surface area (Å²) in [5, 5.41) is 10.0. The molecule has 0 aliphatic carbocycles. The van der Waals surface area contributed by atoms with Crippen LogP contribution in [0.3, 0.4) is 0 Å². The molecule has 1 amide bonds. The van der Waals surface area contributed by atoms with Gasteiger partial charge in [-0.15, -0.1) is 0 Å². The molecule has 7 heteroatoms. The second-order valence-corrected chi connectivity index (χ2v) is 7.04. The number of aryl methyl sites for hydroxylation is 1. The van der Waals surface area contributed by atoms with Gasteiger partial charge in [-0.25, -0.2) is 4.68 Å². The number of carbonyl (C=O) groups is 1. The minimum atomic E-state index is -0.340. The molecular formula is C22H24N4O3. The molecule has 2 N–H and O–H groups in total. The summed E-state index contributed by atoms with van der Waals surface area (Å²) in [7, 11) is 1.57.